The number of amides is 1. The normalized spacial score (nSPS) is 11.3. The zero-order chi connectivity index (χ0) is 18.0. The smallest absolute Gasteiger partial charge is 0.411 e. The van der Waals surface area contributed by atoms with E-state index in [0.717, 1.165) is 17.3 Å². The average molecular weight is 378 g/mol. The second kappa shape index (κ2) is 6.65. The number of rotatable bonds is 4. The summed E-state index contributed by atoms with van der Waals surface area (Å²) in [7, 11) is -2.57. The summed E-state index contributed by atoms with van der Waals surface area (Å²) in [6, 6.07) is 9.31. The summed E-state index contributed by atoms with van der Waals surface area (Å²) in [5, 5.41) is 2.46. The van der Waals surface area contributed by atoms with E-state index in [1.165, 1.54) is 31.4 Å². The maximum Gasteiger partial charge on any atom is 0.411 e. The molecule has 0 bridgehead atoms. The molecule has 25 heavy (non-hydrogen) atoms. The molecule has 10 heteroatoms. The van der Waals surface area contributed by atoms with Crippen molar-refractivity contribution >= 4 is 50.3 Å². The molecule has 2 N–H and O–H groups in total. The SMILES string of the molecule is COC(=O)Nc1ccc(S(=O)(=O)Nc2c(C)ccc3nsnc23)cc1. The lowest BCUT2D eigenvalue weighted by Crippen LogP contribution is -2.15. The van der Waals surface area contributed by atoms with Gasteiger partial charge in [-0.2, -0.15) is 8.75 Å². The van der Waals surface area contributed by atoms with Crippen LogP contribution in [0.2, 0.25) is 0 Å². The van der Waals surface area contributed by atoms with Gasteiger partial charge in [0.05, 0.1) is 29.4 Å². The molecular weight excluding hydrogens is 364 g/mol. The summed E-state index contributed by atoms with van der Waals surface area (Å²) in [5.41, 5.74) is 2.71. The van der Waals surface area contributed by atoms with Crippen molar-refractivity contribution in [2.75, 3.05) is 17.1 Å². The quantitative estimate of drug-likeness (QED) is 0.722. The zero-order valence-corrected chi connectivity index (χ0v) is 14.9. The molecule has 0 saturated heterocycles. The van der Waals surface area contributed by atoms with E-state index in [1.54, 1.807) is 19.1 Å². The van der Waals surface area contributed by atoms with Gasteiger partial charge in [0.1, 0.15) is 11.0 Å². The molecule has 0 aliphatic heterocycles. The van der Waals surface area contributed by atoms with Gasteiger partial charge in [-0.25, -0.2) is 13.2 Å². The van der Waals surface area contributed by atoms with Gasteiger partial charge in [0.15, 0.2) is 0 Å². The number of benzene rings is 2. The van der Waals surface area contributed by atoms with Gasteiger partial charge < -0.3 is 4.74 Å². The molecule has 0 atom stereocenters. The first-order chi connectivity index (χ1) is 11.9. The molecule has 0 aliphatic carbocycles. The van der Waals surface area contributed by atoms with E-state index in [9.17, 15) is 13.2 Å². The van der Waals surface area contributed by atoms with E-state index in [2.05, 4.69) is 23.5 Å². The summed E-state index contributed by atoms with van der Waals surface area (Å²) >= 11 is 1.02. The average Bonchev–Trinajstić information content (AvgIpc) is 3.07. The van der Waals surface area contributed by atoms with Gasteiger partial charge in [-0.15, -0.1) is 0 Å². The Labute approximate surface area is 148 Å². The largest absolute Gasteiger partial charge is 0.453 e. The highest BCUT2D eigenvalue weighted by Crippen LogP contribution is 2.28. The van der Waals surface area contributed by atoms with Gasteiger partial charge in [0.2, 0.25) is 0 Å². The Kier molecular flexibility index (Phi) is 4.55. The molecule has 0 spiro atoms. The number of aryl methyl sites for hydroxylation is 1. The van der Waals surface area contributed by atoms with Gasteiger partial charge in [-0.3, -0.25) is 10.0 Å². The molecule has 1 aromatic heterocycles. The van der Waals surface area contributed by atoms with E-state index in [0.29, 0.717) is 22.4 Å². The van der Waals surface area contributed by atoms with Gasteiger partial charge >= 0.3 is 6.09 Å². The lowest BCUT2D eigenvalue weighted by Gasteiger charge is -2.11. The number of methoxy groups -OCH3 is 1. The van der Waals surface area contributed by atoms with Gasteiger partial charge in [-0.1, -0.05) is 6.07 Å². The van der Waals surface area contributed by atoms with E-state index in [4.69, 9.17) is 0 Å². The van der Waals surface area contributed by atoms with Gasteiger partial charge in [-0.05, 0) is 42.8 Å². The van der Waals surface area contributed by atoms with Crippen molar-refractivity contribution in [2.45, 2.75) is 11.8 Å². The Morgan fingerprint density at radius 3 is 2.52 bits per heavy atom. The Balaban J connectivity index is 1.90. The van der Waals surface area contributed by atoms with Crippen molar-refractivity contribution in [3.63, 3.8) is 0 Å². The van der Waals surface area contributed by atoms with Crippen LogP contribution in [0, 0.1) is 6.92 Å². The Hall–Kier alpha value is -2.72. The summed E-state index contributed by atoms with van der Waals surface area (Å²) in [6.45, 7) is 1.79. The molecule has 0 aliphatic rings. The van der Waals surface area contributed by atoms with Crippen molar-refractivity contribution < 1.29 is 17.9 Å². The van der Waals surface area contributed by atoms with E-state index >= 15 is 0 Å². The highest BCUT2D eigenvalue weighted by Gasteiger charge is 2.18. The van der Waals surface area contributed by atoms with Crippen molar-refractivity contribution in [1.82, 2.24) is 8.75 Å². The van der Waals surface area contributed by atoms with Crippen LogP contribution in [0.15, 0.2) is 41.3 Å². The van der Waals surface area contributed by atoms with Crippen LogP contribution < -0.4 is 10.0 Å². The predicted molar refractivity (Wildman–Crippen MR) is 95.4 cm³/mol. The molecule has 0 saturated carbocycles. The number of hydrogen-bond donors (Lipinski definition) is 2. The topological polar surface area (TPSA) is 110 Å². The third kappa shape index (κ3) is 3.54. The Morgan fingerprint density at radius 2 is 1.84 bits per heavy atom. The second-order valence-corrected chi connectivity index (χ2v) is 7.35. The number of anilines is 2. The summed E-state index contributed by atoms with van der Waals surface area (Å²) in [5.74, 6) is 0. The van der Waals surface area contributed by atoms with Crippen molar-refractivity contribution in [1.29, 1.82) is 0 Å². The van der Waals surface area contributed by atoms with E-state index < -0.39 is 16.1 Å². The molecule has 130 valence electrons. The number of carbonyl (C=O) groups is 1. The molecule has 0 radical (unpaired) electrons. The zero-order valence-electron chi connectivity index (χ0n) is 13.3. The number of nitrogens with one attached hydrogen (secondary N) is 2. The maximum absolute atomic E-state index is 12.6. The molecule has 1 heterocycles. The summed E-state index contributed by atoms with van der Waals surface area (Å²) in [4.78, 5) is 11.2. The fourth-order valence-electron chi connectivity index (χ4n) is 2.16. The fourth-order valence-corrected chi connectivity index (χ4v) is 3.84. The maximum atomic E-state index is 12.6. The van der Waals surface area contributed by atoms with Crippen LogP contribution in [-0.4, -0.2) is 30.4 Å². The second-order valence-electron chi connectivity index (χ2n) is 5.14. The first-order valence-electron chi connectivity index (χ1n) is 7.10. The number of carbonyl (C=O) groups excluding carboxylic acids is 1. The van der Waals surface area contributed by atoms with Crippen molar-refractivity contribution in [3.05, 3.63) is 42.0 Å². The van der Waals surface area contributed by atoms with Crippen LogP contribution in [0.5, 0.6) is 0 Å². The van der Waals surface area contributed by atoms with Crippen LogP contribution in [-0.2, 0) is 14.8 Å². The highest BCUT2D eigenvalue weighted by atomic mass is 32.2. The molecule has 1 amide bonds. The molecule has 0 fully saturated rings. The van der Waals surface area contributed by atoms with E-state index in [-0.39, 0.29) is 4.90 Å². The van der Waals surface area contributed by atoms with Crippen LogP contribution in [0.3, 0.4) is 0 Å². The molecular formula is C15H14N4O4S2. The standard InChI is InChI=1S/C15H14N4O4S2/c1-9-3-8-12-14(18-24-17-12)13(9)19-25(21,22)11-6-4-10(5-7-11)16-15(20)23-2/h3-8,19H,1-2H3,(H,16,20). The third-order valence-corrected chi connectivity index (χ3v) is 5.38. The number of fused-ring (bicyclic) bond motifs is 1. The van der Waals surface area contributed by atoms with Gasteiger partial charge in [0, 0.05) is 5.69 Å². The summed E-state index contributed by atoms with van der Waals surface area (Å²) in [6.07, 6.45) is -0.632. The summed E-state index contributed by atoms with van der Waals surface area (Å²) < 4.78 is 40.6. The Bertz CT molecular complexity index is 1030. The van der Waals surface area contributed by atoms with Crippen LogP contribution in [0.25, 0.3) is 11.0 Å². The minimum absolute atomic E-state index is 0.0579. The molecule has 3 rings (SSSR count). The van der Waals surface area contributed by atoms with Gasteiger partial charge in [0.25, 0.3) is 10.0 Å². The lowest BCUT2D eigenvalue weighted by atomic mass is 10.2. The minimum atomic E-state index is -3.81. The lowest BCUT2D eigenvalue weighted by molar-refractivity contribution is 0.187. The van der Waals surface area contributed by atoms with Crippen LogP contribution in [0.1, 0.15) is 5.56 Å². The monoisotopic (exact) mass is 378 g/mol. The number of sulfonamides is 1. The highest BCUT2D eigenvalue weighted by molar-refractivity contribution is 7.92. The molecule has 3 aromatic rings. The molecule has 8 nitrogen and oxygen atoms in total. The first-order valence-corrected chi connectivity index (χ1v) is 9.32. The fraction of sp³-hybridized carbons (Fsp3) is 0.133. The van der Waals surface area contributed by atoms with Crippen molar-refractivity contribution in [2.24, 2.45) is 0 Å². The molecule has 0 unspecified atom stereocenters. The predicted octanol–water partition coefficient (Wildman–Crippen LogP) is 2.98. The minimum Gasteiger partial charge on any atom is -0.453 e. The number of ether oxygens (including phenoxy) is 1. The van der Waals surface area contributed by atoms with Crippen LogP contribution in [0.4, 0.5) is 16.2 Å². The number of nitrogens with zero attached hydrogens (tertiary/aromatic N) is 2. The first kappa shape index (κ1) is 17.1. The number of hydrogen-bond acceptors (Lipinski definition) is 7. The van der Waals surface area contributed by atoms with E-state index in [1.807, 2.05) is 0 Å². The Morgan fingerprint density at radius 1 is 1.12 bits per heavy atom. The van der Waals surface area contributed by atoms with Crippen molar-refractivity contribution in [3.8, 4) is 0 Å². The molecule has 2 aromatic carbocycles. The van der Waals surface area contributed by atoms with Crippen LogP contribution >= 0.6 is 11.7 Å². The third-order valence-electron chi connectivity index (χ3n) is 3.47. The number of aromatic nitrogens is 2.